The normalized spacial score (nSPS) is 13.4. The molecule has 0 bridgehead atoms. The van der Waals surface area contributed by atoms with E-state index >= 15 is 0 Å². The second kappa shape index (κ2) is 7.20. The predicted octanol–water partition coefficient (Wildman–Crippen LogP) is 3.21. The molecular weight excluding hydrogens is 282 g/mol. The zero-order chi connectivity index (χ0) is 15.1. The molecule has 1 atom stereocenters. The molecule has 0 amide bonds. The Bertz CT molecular complexity index is 679. The summed E-state index contributed by atoms with van der Waals surface area (Å²) < 4.78 is 26.7. The van der Waals surface area contributed by atoms with Crippen molar-refractivity contribution in [1.29, 1.82) is 0 Å². The molecule has 1 N–H and O–H groups in total. The van der Waals surface area contributed by atoms with E-state index in [0.717, 1.165) is 11.1 Å². The number of rotatable bonds is 6. The Morgan fingerprint density at radius 1 is 1.00 bits per heavy atom. The van der Waals surface area contributed by atoms with Crippen molar-refractivity contribution in [2.45, 2.75) is 19.4 Å². The Kier molecular flexibility index (Phi) is 5.31. The fourth-order valence-electron chi connectivity index (χ4n) is 2.06. The monoisotopic (exact) mass is 301 g/mol. The molecule has 0 unspecified atom stereocenters. The number of benzene rings is 2. The Morgan fingerprint density at radius 3 is 2.19 bits per heavy atom. The van der Waals surface area contributed by atoms with E-state index in [2.05, 4.69) is 4.72 Å². The number of nitrogens with one attached hydrogen (secondary N) is 1. The van der Waals surface area contributed by atoms with Crippen molar-refractivity contribution in [2.24, 2.45) is 0 Å². The number of hydrogen-bond donors (Lipinski definition) is 1. The van der Waals surface area contributed by atoms with Gasteiger partial charge in [0.1, 0.15) is 0 Å². The molecule has 0 aliphatic rings. The summed E-state index contributed by atoms with van der Waals surface area (Å²) in [7, 11) is -3.43. The van der Waals surface area contributed by atoms with E-state index in [-0.39, 0.29) is 6.04 Å². The fourth-order valence-corrected chi connectivity index (χ4v) is 3.12. The lowest BCUT2D eigenvalue weighted by Crippen LogP contribution is -2.32. The van der Waals surface area contributed by atoms with Crippen LogP contribution in [-0.2, 0) is 16.4 Å². The van der Waals surface area contributed by atoms with Crippen LogP contribution in [0.5, 0.6) is 0 Å². The van der Waals surface area contributed by atoms with Crippen molar-refractivity contribution < 1.29 is 8.42 Å². The highest BCUT2D eigenvalue weighted by atomic mass is 32.2. The van der Waals surface area contributed by atoms with Crippen LogP contribution >= 0.6 is 0 Å². The summed E-state index contributed by atoms with van der Waals surface area (Å²) in [4.78, 5) is 0. The van der Waals surface area contributed by atoms with Crippen molar-refractivity contribution in [3.63, 3.8) is 0 Å². The molecule has 0 fully saturated rings. The third-order valence-electron chi connectivity index (χ3n) is 2.99. The highest BCUT2D eigenvalue weighted by Crippen LogP contribution is 2.06. The van der Waals surface area contributed by atoms with Gasteiger partial charge in [0.2, 0.25) is 10.0 Å². The minimum Gasteiger partial charge on any atom is -0.209 e. The van der Waals surface area contributed by atoms with Crippen molar-refractivity contribution in [3.05, 3.63) is 77.2 Å². The van der Waals surface area contributed by atoms with E-state index in [1.807, 2.05) is 67.6 Å². The van der Waals surface area contributed by atoms with Crippen molar-refractivity contribution in [1.82, 2.24) is 4.72 Å². The van der Waals surface area contributed by atoms with Gasteiger partial charge < -0.3 is 0 Å². The van der Waals surface area contributed by atoms with Crippen LogP contribution in [0.3, 0.4) is 0 Å². The average molecular weight is 301 g/mol. The molecule has 21 heavy (non-hydrogen) atoms. The smallest absolute Gasteiger partial charge is 0.209 e. The minimum absolute atomic E-state index is 0.155. The van der Waals surface area contributed by atoms with Crippen LogP contribution in [0.1, 0.15) is 18.1 Å². The van der Waals surface area contributed by atoms with Gasteiger partial charge in [-0.15, -0.1) is 0 Å². The first-order valence-corrected chi connectivity index (χ1v) is 8.39. The second-order valence-corrected chi connectivity index (χ2v) is 6.56. The molecule has 0 aliphatic carbocycles. The van der Waals surface area contributed by atoms with Crippen molar-refractivity contribution in [2.75, 3.05) is 0 Å². The molecule has 4 heteroatoms. The first kappa shape index (κ1) is 15.5. The van der Waals surface area contributed by atoms with E-state index in [4.69, 9.17) is 0 Å². The van der Waals surface area contributed by atoms with E-state index in [9.17, 15) is 8.42 Å². The van der Waals surface area contributed by atoms with Crippen LogP contribution in [0.4, 0.5) is 0 Å². The molecule has 2 rings (SSSR count). The molecule has 3 nitrogen and oxygen atoms in total. The Balaban J connectivity index is 1.96. The maximum absolute atomic E-state index is 12.0. The fraction of sp³-hybridized carbons (Fsp3) is 0.176. The van der Waals surface area contributed by atoms with Gasteiger partial charge in [-0.3, -0.25) is 0 Å². The molecule has 2 aromatic rings. The third kappa shape index (κ3) is 5.53. The molecule has 0 aliphatic heterocycles. The lowest BCUT2D eigenvalue weighted by molar-refractivity contribution is 0.569. The highest BCUT2D eigenvalue weighted by molar-refractivity contribution is 7.92. The van der Waals surface area contributed by atoms with Crippen LogP contribution in [0.25, 0.3) is 6.08 Å². The van der Waals surface area contributed by atoms with Gasteiger partial charge in [-0.2, -0.15) is 0 Å². The topological polar surface area (TPSA) is 46.2 Å². The molecule has 0 aromatic heterocycles. The van der Waals surface area contributed by atoms with E-state index < -0.39 is 10.0 Å². The SMILES string of the molecule is C[C@H](Cc1ccccc1)NS(=O)(=O)/C=C/c1ccccc1. The van der Waals surface area contributed by atoms with Gasteiger partial charge in [0, 0.05) is 11.4 Å². The Hall–Kier alpha value is -1.91. The molecule has 0 saturated carbocycles. The quantitative estimate of drug-likeness (QED) is 0.890. The minimum atomic E-state index is -3.43. The lowest BCUT2D eigenvalue weighted by Gasteiger charge is -2.12. The Labute approximate surface area is 126 Å². The van der Waals surface area contributed by atoms with E-state index in [1.54, 1.807) is 6.08 Å². The zero-order valence-corrected chi connectivity index (χ0v) is 12.8. The molecule has 0 spiro atoms. The first-order valence-electron chi connectivity index (χ1n) is 6.84. The highest BCUT2D eigenvalue weighted by Gasteiger charge is 2.11. The van der Waals surface area contributed by atoms with Gasteiger partial charge in [0.05, 0.1) is 0 Å². The maximum atomic E-state index is 12.0. The summed E-state index contributed by atoms with van der Waals surface area (Å²) in [6.45, 7) is 1.86. The van der Waals surface area contributed by atoms with E-state index in [1.165, 1.54) is 5.41 Å². The molecular formula is C17H19NO2S. The summed E-state index contributed by atoms with van der Waals surface area (Å²) in [5, 5.41) is 1.21. The van der Waals surface area contributed by atoms with Crippen LogP contribution in [-0.4, -0.2) is 14.5 Å². The standard InChI is InChI=1S/C17H19NO2S/c1-15(14-17-10-6-3-7-11-17)18-21(19,20)13-12-16-8-4-2-5-9-16/h2-13,15,18H,14H2,1H3/b13-12+/t15-/m1/s1. The third-order valence-corrected chi connectivity index (χ3v) is 4.21. The summed E-state index contributed by atoms with van der Waals surface area (Å²) in [6, 6.07) is 19.0. The maximum Gasteiger partial charge on any atom is 0.233 e. The zero-order valence-electron chi connectivity index (χ0n) is 11.9. The Morgan fingerprint density at radius 2 is 1.57 bits per heavy atom. The second-order valence-electron chi connectivity index (χ2n) is 4.97. The van der Waals surface area contributed by atoms with Crippen LogP contribution < -0.4 is 4.72 Å². The van der Waals surface area contributed by atoms with E-state index in [0.29, 0.717) is 6.42 Å². The van der Waals surface area contributed by atoms with Gasteiger partial charge in [-0.05, 0) is 30.5 Å². The molecule has 0 radical (unpaired) electrons. The summed E-state index contributed by atoms with van der Waals surface area (Å²) in [5.74, 6) is 0. The van der Waals surface area contributed by atoms with Gasteiger partial charge in [0.15, 0.2) is 0 Å². The van der Waals surface area contributed by atoms with Gasteiger partial charge in [-0.25, -0.2) is 13.1 Å². The van der Waals surface area contributed by atoms with Crippen molar-refractivity contribution >= 4 is 16.1 Å². The molecule has 2 aromatic carbocycles. The molecule has 0 heterocycles. The molecule has 110 valence electrons. The number of sulfonamides is 1. The first-order chi connectivity index (χ1) is 10.1. The summed E-state index contributed by atoms with van der Waals surface area (Å²) in [6.07, 6.45) is 2.26. The van der Waals surface area contributed by atoms with Gasteiger partial charge in [-0.1, -0.05) is 60.7 Å². The number of hydrogen-bond acceptors (Lipinski definition) is 2. The van der Waals surface area contributed by atoms with Gasteiger partial charge in [0.25, 0.3) is 0 Å². The van der Waals surface area contributed by atoms with Crippen LogP contribution in [0.2, 0.25) is 0 Å². The average Bonchev–Trinajstić information content (AvgIpc) is 2.47. The lowest BCUT2D eigenvalue weighted by atomic mass is 10.1. The van der Waals surface area contributed by atoms with Crippen LogP contribution in [0.15, 0.2) is 66.1 Å². The molecule has 0 saturated heterocycles. The summed E-state index contributed by atoms with van der Waals surface area (Å²) >= 11 is 0. The summed E-state index contributed by atoms with van der Waals surface area (Å²) in [5.41, 5.74) is 1.97. The predicted molar refractivity (Wildman–Crippen MR) is 87.1 cm³/mol. The van der Waals surface area contributed by atoms with Crippen molar-refractivity contribution in [3.8, 4) is 0 Å². The largest absolute Gasteiger partial charge is 0.233 e. The van der Waals surface area contributed by atoms with Gasteiger partial charge >= 0.3 is 0 Å². The van der Waals surface area contributed by atoms with Crippen LogP contribution in [0, 0.1) is 0 Å².